The average molecular weight is 554 g/mol. The third-order valence-electron chi connectivity index (χ3n) is 5.81. The number of hydrogen-bond donors (Lipinski definition) is 2. The van der Waals surface area contributed by atoms with Gasteiger partial charge in [-0.15, -0.1) is 0 Å². The Bertz CT molecular complexity index is 962. The lowest BCUT2D eigenvalue weighted by Crippen LogP contribution is -2.40. The Morgan fingerprint density at radius 3 is 1.85 bits per heavy atom. The molecule has 1 aromatic rings. The standard InChI is InChI=1S/C28H43NO10/c1-8-18(6)11-23(30)35-15-19(7)24(25(29)26(31)32)20-9-10-21(38-27(33)36-13-16(2)3)22(12-20)39-28(34)37-14-17(4)5/h9-10,12,16-19,24-25H,8,11,13-15,29H2,1-7H3,(H,31,32)/t18?,19?,24?,25-/m0/s1. The van der Waals surface area contributed by atoms with E-state index in [9.17, 15) is 24.3 Å². The minimum absolute atomic E-state index is 0.0486. The molecule has 39 heavy (non-hydrogen) atoms. The quantitative estimate of drug-likeness (QED) is 0.168. The summed E-state index contributed by atoms with van der Waals surface area (Å²) in [5.74, 6) is -3.09. The van der Waals surface area contributed by atoms with Gasteiger partial charge >= 0.3 is 24.2 Å². The number of esters is 1. The van der Waals surface area contributed by atoms with Crippen molar-refractivity contribution in [3.05, 3.63) is 23.8 Å². The van der Waals surface area contributed by atoms with Gasteiger partial charge in [0.25, 0.3) is 0 Å². The Morgan fingerprint density at radius 2 is 1.36 bits per heavy atom. The third-order valence-corrected chi connectivity index (χ3v) is 5.81. The number of hydrogen-bond acceptors (Lipinski definition) is 10. The molecule has 1 rings (SSSR count). The van der Waals surface area contributed by atoms with Crippen LogP contribution in [0.4, 0.5) is 9.59 Å². The topological polar surface area (TPSA) is 161 Å². The molecular weight excluding hydrogens is 510 g/mol. The predicted molar refractivity (Wildman–Crippen MR) is 143 cm³/mol. The Balaban J connectivity index is 3.30. The summed E-state index contributed by atoms with van der Waals surface area (Å²) in [6.45, 7) is 13.2. The first-order valence-corrected chi connectivity index (χ1v) is 13.2. The number of aliphatic carboxylic acids is 1. The number of carbonyl (C=O) groups excluding carboxylic acids is 3. The molecule has 0 aliphatic heterocycles. The number of carbonyl (C=O) groups is 4. The maximum absolute atomic E-state index is 12.3. The zero-order chi connectivity index (χ0) is 29.7. The van der Waals surface area contributed by atoms with Crippen LogP contribution < -0.4 is 15.2 Å². The van der Waals surface area contributed by atoms with E-state index >= 15 is 0 Å². The molecule has 0 fully saturated rings. The number of carboxylic acids is 1. The fourth-order valence-corrected chi connectivity index (χ4v) is 3.46. The Hall–Kier alpha value is -3.34. The molecule has 0 spiro atoms. The molecule has 0 heterocycles. The van der Waals surface area contributed by atoms with Gasteiger partial charge in [0.05, 0.1) is 19.8 Å². The van der Waals surface area contributed by atoms with Crippen molar-refractivity contribution in [3.8, 4) is 11.5 Å². The first kappa shape index (κ1) is 33.7. The van der Waals surface area contributed by atoms with Gasteiger partial charge in [-0.2, -0.15) is 0 Å². The van der Waals surface area contributed by atoms with Crippen LogP contribution in [0.25, 0.3) is 0 Å². The normalized spacial score (nSPS) is 14.2. The van der Waals surface area contributed by atoms with E-state index in [0.717, 1.165) is 6.42 Å². The van der Waals surface area contributed by atoms with Gasteiger partial charge in [0.15, 0.2) is 11.5 Å². The zero-order valence-corrected chi connectivity index (χ0v) is 23.9. The summed E-state index contributed by atoms with van der Waals surface area (Å²) in [6, 6.07) is 2.83. The number of carboxylic acid groups (broad SMARTS) is 1. The second-order valence-electron chi connectivity index (χ2n) is 10.6. The van der Waals surface area contributed by atoms with Crippen LogP contribution in [0.5, 0.6) is 11.5 Å². The van der Waals surface area contributed by atoms with Crippen molar-refractivity contribution in [1.29, 1.82) is 0 Å². The molecule has 220 valence electrons. The van der Waals surface area contributed by atoms with Crippen molar-refractivity contribution in [3.63, 3.8) is 0 Å². The molecule has 0 radical (unpaired) electrons. The van der Waals surface area contributed by atoms with E-state index in [1.807, 2.05) is 41.5 Å². The maximum atomic E-state index is 12.3. The highest BCUT2D eigenvalue weighted by Crippen LogP contribution is 2.36. The van der Waals surface area contributed by atoms with Crippen molar-refractivity contribution in [1.82, 2.24) is 0 Å². The minimum Gasteiger partial charge on any atom is -0.480 e. The second-order valence-corrected chi connectivity index (χ2v) is 10.6. The van der Waals surface area contributed by atoms with E-state index in [1.54, 1.807) is 6.92 Å². The van der Waals surface area contributed by atoms with E-state index in [2.05, 4.69) is 0 Å². The Labute approximate surface area is 230 Å². The van der Waals surface area contributed by atoms with Crippen molar-refractivity contribution < 1.29 is 48.0 Å². The van der Waals surface area contributed by atoms with Crippen LogP contribution in [0.3, 0.4) is 0 Å². The first-order chi connectivity index (χ1) is 18.2. The number of nitrogens with two attached hydrogens (primary N) is 1. The van der Waals surface area contributed by atoms with Gasteiger partial charge in [-0.1, -0.05) is 61.0 Å². The van der Waals surface area contributed by atoms with E-state index in [0.29, 0.717) is 5.56 Å². The first-order valence-electron chi connectivity index (χ1n) is 13.2. The molecule has 1 aromatic carbocycles. The SMILES string of the molecule is CCC(C)CC(=O)OCC(C)C(c1ccc(OC(=O)OCC(C)C)c(OC(=O)OCC(C)C)c1)[C@H](N)C(=O)O. The van der Waals surface area contributed by atoms with Gasteiger partial charge in [0.1, 0.15) is 6.04 Å². The molecule has 0 saturated carbocycles. The summed E-state index contributed by atoms with van der Waals surface area (Å²) in [6.07, 6.45) is -0.975. The molecular formula is C28H43NO10. The summed E-state index contributed by atoms with van der Waals surface area (Å²) in [5, 5.41) is 9.68. The second kappa shape index (κ2) is 16.6. The molecule has 0 aliphatic rings. The zero-order valence-electron chi connectivity index (χ0n) is 23.9. The van der Waals surface area contributed by atoms with Crippen molar-refractivity contribution in [2.24, 2.45) is 29.4 Å². The Kier molecular flexibility index (Phi) is 14.3. The van der Waals surface area contributed by atoms with Gasteiger partial charge in [-0.3, -0.25) is 9.59 Å². The smallest absolute Gasteiger partial charge is 0.480 e. The molecule has 0 bridgehead atoms. The number of ether oxygens (including phenoxy) is 5. The highest BCUT2D eigenvalue weighted by molar-refractivity contribution is 5.75. The molecule has 0 aromatic heterocycles. The van der Waals surface area contributed by atoms with Crippen LogP contribution in [0.2, 0.25) is 0 Å². The molecule has 0 saturated heterocycles. The van der Waals surface area contributed by atoms with E-state index in [4.69, 9.17) is 29.4 Å². The molecule has 11 nitrogen and oxygen atoms in total. The Morgan fingerprint density at radius 1 is 0.821 bits per heavy atom. The lowest BCUT2D eigenvalue weighted by molar-refractivity contribution is -0.146. The van der Waals surface area contributed by atoms with Crippen LogP contribution >= 0.6 is 0 Å². The van der Waals surface area contributed by atoms with Crippen molar-refractivity contribution in [2.45, 2.75) is 73.3 Å². The maximum Gasteiger partial charge on any atom is 0.513 e. The van der Waals surface area contributed by atoms with E-state index < -0.39 is 36.2 Å². The van der Waals surface area contributed by atoms with Crippen molar-refractivity contribution >= 4 is 24.2 Å². The summed E-state index contributed by atoms with van der Waals surface area (Å²) < 4.78 is 26.1. The van der Waals surface area contributed by atoms with Gasteiger partial charge in [-0.05, 0) is 41.4 Å². The highest BCUT2D eigenvalue weighted by atomic mass is 16.7. The predicted octanol–water partition coefficient (Wildman–Crippen LogP) is 5.14. The summed E-state index contributed by atoms with van der Waals surface area (Å²) in [7, 11) is 0. The molecule has 4 atom stereocenters. The number of benzene rings is 1. The lowest BCUT2D eigenvalue weighted by Gasteiger charge is -2.28. The molecule has 11 heteroatoms. The van der Waals surface area contributed by atoms with Gasteiger partial charge in [0.2, 0.25) is 0 Å². The molecule has 0 amide bonds. The molecule has 3 N–H and O–H groups in total. The fraction of sp³-hybridized carbons (Fsp3) is 0.643. The lowest BCUT2D eigenvalue weighted by atomic mass is 9.82. The van der Waals surface area contributed by atoms with E-state index in [-0.39, 0.29) is 61.5 Å². The van der Waals surface area contributed by atoms with Crippen molar-refractivity contribution in [2.75, 3.05) is 19.8 Å². The summed E-state index contributed by atoms with van der Waals surface area (Å²) in [5.41, 5.74) is 6.41. The van der Waals surface area contributed by atoms with Gasteiger partial charge in [0, 0.05) is 12.3 Å². The minimum atomic E-state index is -1.38. The van der Waals surface area contributed by atoms with Crippen LogP contribution in [0.15, 0.2) is 18.2 Å². The van der Waals surface area contributed by atoms with Gasteiger partial charge in [-0.25, -0.2) is 9.59 Å². The van der Waals surface area contributed by atoms with E-state index in [1.165, 1.54) is 18.2 Å². The van der Waals surface area contributed by atoms with Crippen LogP contribution in [-0.2, 0) is 23.8 Å². The third kappa shape index (κ3) is 12.4. The highest BCUT2D eigenvalue weighted by Gasteiger charge is 2.33. The largest absolute Gasteiger partial charge is 0.513 e. The fourth-order valence-electron chi connectivity index (χ4n) is 3.46. The number of rotatable bonds is 15. The van der Waals surface area contributed by atoms with Crippen LogP contribution in [-0.4, -0.2) is 55.2 Å². The monoisotopic (exact) mass is 553 g/mol. The molecule has 3 unspecified atom stereocenters. The average Bonchev–Trinajstić information content (AvgIpc) is 2.86. The van der Waals surface area contributed by atoms with Crippen LogP contribution in [0.1, 0.15) is 72.8 Å². The van der Waals surface area contributed by atoms with Gasteiger partial charge < -0.3 is 34.5 Å². The summed E-state index contributed by atoms with van der Waals surface area (Å²) >= 11 is 0. The van der Waals surface area contributed by atoms with Crippen LogP contribution in [0, 0.1) is 23.7 Å². The molecule has 0 aliphatic carbocycles. The summed E-state index contributed by atoms with van der Waals surface area (Å²) in [4.78, 5) is 48.6.